The van der Waals surface area contributed by atoms with Crippen LogP contribution in [0, 0.1) is 0 Å². The Balaban J connectivity index is 1.27. The predicted molar refractivity (Wildman–Crippen MR) is 188 cm³/mol. The Morgan fingerprint density at radius 1 is 0.647 bits per heavy atom. The topological polar surface area (TPSA) is 242 Å². The van der Waals surface area contributed by atoms with E-state index in [-0.39, 0.29) is 50.8 Å². The van der Waals surface area contributed by atoms with Crippen molar-refractivity contribution >= 4 is 71.3 Å². The monoisotopic (exact) mass is 727 g/mol. The summed E-state index contributed by atoms with van der Waals surface area (Å²) in [5.74, 6) is -0.856. The molecule has 0 atom stereocenters. The van der Waals surface area contributed by atoms with Crippen molar-refractivity contribution in [2.24, 2.45) is 10.2 Å². The second-order valence-corrected chi connectivity index (χ2v) is 13.7. The van der Waals surface area contributed by atoms with Crippen LogP contribution >= 0.6 is 0 Å². The first-order valence-corrected chi connectivity index (χ1v) is 17.5. The standard InChI is InChI=1S/C34H27N5O10S2/c1-48-28-14-18(7-11-25(28)36-38-27-17-30(50(42,43)44)23-5-3-4-6-24(23)33(27)40)19-8-12-26(29(15-19)49-2)37-39-32-31(51(45,46)47)16-20-13-21(35)9-10-22(20)34(32)41/h3-17,36-37H,35H2,1-2H3,(H,42,43,44)(H,45,46,47)/p-2. The number of allylic oxidation sites excluding steroid dienone is 2. The van der Waals surface area contributed by atoms with Crippen molar-refractivity contribution in [3.8, 4) is 22.6 Å². The fourth-order valence-electron chi connectivity index (χ4n) is 5.41. The van der Waals surface area contributed by atoms with Crippen molar-refractivity contribution < 1.29 is 45.0 Å². The van der Waals surface area contributed by atoms with Crippen LogP contribution in [0.2, 0.25) is 0 Å². The number of ketones is 2. The Labute approximate surface area is 291 Å². The lowest BCUT2D eigenvalue weighted by Gasteiger charge is -2.20. The number of nitrogens with zero attached hydrogens (tertiary/aromatic N) is 2. The number of nitrogens with two attached hydrogens (primary N) is 1. The second-order valence-electron chi connectivity index (χ2n) is 11.0. The molecule has 4 aromatic rings. The van der Waals surface area contributed by atoms with Crippen LogP contribution in [-0.4, -0.2) is 63.2 Å². The Morgan fingerprint density at radius 3 is 1.78 bits per heavy atom. The predicted octanol–water partition coefficient (Wildman–Crippen LogP) is 4.05. The minimum atomic E-state index is -5.10. The first-order valence-electron chi connectivity index (χ1n) is 14.7. The van der Waals surface area contributed by atoms with Gasteiger partial charge < -0.3 is 24.3 Å². The fraction of sp³-hybridized carbons (Fsp3) is 0.0588. The number of methoxy groups -OCH3 is 2. The van der Waals surface area contributed by atoms with Gasteiger partial charge in [0.25, 0.3) is 0 Å². The molecule has 2 aliphatic rings. The molecule has 0 unspecified atom stereocenters. The van der Waals surface area contributed by atoms with Gasteiger partial charge in [0.2, 0.25) is 11.6 Å². The zero-order valence-electron chi connectivity index (χ0n) is 26.5. The molecule has 0 amide bonds. The number of carbonyl (C=O) groups excluding carboxylic acids is 2. The van der Waals surface area contributed by atoms with Gasteiger partial charge in [0.1, 0.15) is 43.2 Å². The van der Waals surface area contributed by atoms with Crippen LogP contribution in [-0.2, 0) is 20.2 Å². The highest BCUT2D eigenvalue weighted by atomic mass is 32.2. The molecule has 0 spiro atoms. The molecule has 0 radical (unpaired) electrons. The fourth-order valence-corrected chi connectivity index (χ4v) is 6.76. The summed E-state index contributed by atoms with van der Waals surface area (Å²) in [6.45, 7) is 0. The largest absolute Gasteiger partial charge is 0.744 e. The van der Waals surface area contributed by atoms with Gasteiger partial charge in [-0.15, -0.1) is 0 Å². The third-order valence-electron chi connectivity index (χ3n) is 7.85. The maximum Gasteiger partial charge on any atom is 0.215 e. The van der Waals surface area contributed by atoms with E-state index in [2.05, 4.69) is 21.1 Å². The number of carbonyl (C=O) groups is 2. The molecule has 6 rings (SSSR count). The number of hydrogen-bond donors (Lipinski definition) is 3. The molecular weight excluding hydrogens is 703 g/mol. The summed E-state index contributed by atoms with van der Waals surface area (Å²) in [6, 6.07) is 19.9. The van der Waals surface area contributed by atoms with Crippen LogP contribution in [0.25, 0.3) is 22.1 Å². The molecule has 2 aliphatic carbocycles. The maximum atomic E-state index is 13.2. The minimum absolute atomic E-state index is 0.00122. The summed E-state index contributed by atoms with van der Waals surface area (Å²) in [7, 11) is -7.24. The molecule has 17 heteroatoms. The van der Waals surface area contributed by atoms with Crippen LogP contribution in [0.1, 0.15) is 31.8 Å². The van der Waals surface area contributed by atoms with E-state index < -0.39 is 47.3 Å². The maximum absolute atomic E-state index is 13.2. The number of benzene rings is 4. The lowest BCUT2D eigenvalue weighted by molar-refractivity contribution is 0.105. The summed E-state index contributed by atoms with van der Waals surface area (Å²) in [4.78, 5) is 24.8. The number of nitrogens with one attached hydrogen (secondary N) is 2. The average molecular weight is 728 g/mol. The lowest BCUT2D eigenvalue weighted by Crippen LogP contribution is -2.27. The number of hydrogen-bond acceptors (Lipinski definition) is 15. The average Bonchev–Trinajstić information content (AvgIpc) is 3.09. The van der Waals surface area contributed by atoms with E-state index in [4.69, 9.17) is 15.2 Å². The van der Waals surface area contributed by atoms with Crippen molar-refractivity contribution in [2.45, 2.75) is 0 Å². The van der Waals surface area contributed by atoms with Gasteiger partial charge in [0.05, 0.1) is 35.4 Å². The third kappa shape index (κ3) is 6.86. The summed E-state index contributed by atoms with van der Waals surface area (Å²) in [6.07, 6.45) is 1.97. The van der Waals surface area contributed by atoms with Gasteiger partial charge in [-0.25, -0.2) is 16.8 Å². The molecule has 0 aliphatic heterocycles. The van der Waals surface area contributed by atoms with Gasteiger partial charge in [-0.3, -0.25) is 20.4 Å². The van der Waals surface area contributed by atoms with E-state index >= 15 is 0 Å². The molecule has 260 valence electrons. The molecule has 0 saturated carbocycles. The smallest absolute Gasteiger partial charge is 0.215 e. The van der Waals surface area contributed by atoms with E-state index in [0.717, 1.165) is 12.2 Å². The molecule has 0 aromatic heterocycles. The molecule has 4 aromatic carbocycles. The van der Waals surface area contributed by atoms with E-state index in [1.165, 1.54) is 56.7 Å². The van der Waals surface area contributed by atoms with Crippen LogP contribution in [0.15, 0.2) is 100 Å². The second kappa shape index (κ2) is 13.3. The number of fused-ring (bicyclic) bond motifs is 2. The molecule has 0 fully saturated rings. The number of hydrazone groups is 2. The van der Waals surface area contributed by atoms with Crippen molar-refractivity contribution in [1.29, 1.82) is 0 Å². The number of ether oxygens (including phenoxy) is 2. The van der Waals surface area contributed by atoms with Crippen LogP contribution in [0.3, 0.4) is 0 Å². The van der Waals surface area contributed by atoms with Crippen molar-refractivity contribution in [1.82, 2.24) is 0 Å². The highest BCUT2D eigenvalue weighted by molar-refractivity contribution is 7.95. The van der Waals surface area contributed by atoms with Crippen molar-refractivity contribution in [3.63, 3.8) is 0 Å². The normalized spacial score (nSPS) is 15.8. The van der Waals surface area contributed by atoms with Gasteiger partial charge in [-0.1, -0.05) is 36.4 Å². The number of Topliss-reactive ketones (excluding diaryl/α,β-unsaturated/α-hetero) is 2. The zero-order valence-corrected chi connectivity index (χ0v) is 28.2. The van der Waals surface area contributed by atoms with E-state index in [9.17, 15) is 35.5 Å². The molecule has 0 saturated heterocycles. The van der Waals surface area contributed by atoms with Gasteiger partial charge in [-0.05, 0) is 71.3 Å². The molecule has 51 heavy (non-hydrogen) atoms. The van der Waals surface area contributed by atoms with Crippen molar-refractivity contribution in [2.75, 3.05) is 30.8 Å². The van der Waals surface area contributed by atoms with Crippen LogP contribution < -0.4 is 26.1 Å². The summed E-state index contributed by atoms with van der Waals surface area (Å²) in [5.41, 5.74) is 12.5. The molecule has 4 N–H and O–H groups in total. The number of nitrogen functional groups attached to an aromatic ring is 1. The zero-order chi connectivity index (χ0) is 36.7. The minimum Gasteiger partial charge on any atom is -0.744 e. The lowest BCUT2D eigenvalue weighted by atomic mass is 9.94. The summed E-state index contributed by atoms with van der Waals surface area (Å²) >= 11 is 0. The molecule has 0 heterocycles. The Morgan fingerprint density at radius 2 is 1.22 bits per heavy atom. The summed E-state index contributed by atoms with van der Waals surface area (Å²) in [5, 5.41) is 8.06. The summed E-state index contributed by atoms with van der Waals surface area (Å²) < 4.78 is 83.0. The highest BCUT2D eigenvalue weighted by Gasteiger charge is 2.30. The first kappa shape index (κ1) is 34.7. The third-order valence-corrected chi connectivity index (χ3v) is 9.58. The first-order chi connectivity index (χ1) is 24.2. The molecule has 0 bridgehead atoms. The van der Waals surface area contributed by atoms with E-state index in [1.807, 2.05) is 0 Å². The van der Waals surface area contributed by atoms with E-state index in [0.29, 0.717) is 16.8 Å². The van der Waals surface area contributed by atoms with Gasteiger partial charge >= 0.3 is 0 Å². The molecular formula is C34H25N5O10S2-2. The molecule has 15 nitrogen and oxygen atoms in total. The SMILES string of the molecule is COc1cc(-c2ccc(NN=C3C(=O)c4ccc(N)cc4C=C3S(=O)(=O)[O-])c(OC)c2)ccc1NN=C1C=C(S(=O)(=O)[O-])c2ccccc2C1=O. The van der Waals surface area contributed by atoms with Crippen molar-refractivity contribution in [3.05, 3.63) is 112 Å². The quantitative estimate of drug-likeness (QED) is 0.125. The Hall–Kier alpha value is -6.14. The van der Waals surface area contributed by atoms with Gasteiger partial charge in [-0.2, -0.15) is 10.2 Å². The van der Waals surface area contributed by atoms with Gasteiger partial charge in [0, 0.05) is 22.4 Å². The highest BCUT2D eigenvalue weighted by Crippen LogP contribution is 2.36. The number of anilines is 3. The van der Waals surface area contributed by atoms with Crippen LogP contribution in [0.5, 0.6) is 11.5 Å². The van der Waals surface area contributed by atoms with E-state index in [1.54, 1.807) is 36.4 Å². The van der Waals surface area contributed by atoms with Gasteiger partial charge in [0.15, 0.2) is 0 Å². The Kier molecular flexibility index (Phi) is 9.05. The Bertz CT molecular complexity index is 2510. The van der Waals surface area contributed by atoms with Crippen LogP contribution in [0.4, 0.5) is 17.1 Å². The number of rotatable bonds is 9.